The predicted octanol–water partition coefficient (Wildman–Crippen LogP) is 0.984. The van der Waals surface area contributed by atoms with Crippen molar-refractivity contribution < 1.29 is 4.79 Å². The molecular weight excluding hydrogens is 212 g/mol. The van der Waals surface area contributed by atoms with Gasteiger partial charge in [-0.1, -0.05) is 18.7 Å². The fraction of sp³-hybridized carbons (Fsp3) is 0.667. The third-order valence-corrected chi connectivity index (χ3v) is 2.48. The van der Waals surface area contributed by atoms with Crippen LogP contribution in [0.3, 0.4) is 0 Å². The number of hydrogen-bond acceptors (Lipinski definition) is 4. The van der Waals surface area contributed by atoms with Crippen molar-refractivity contribution in [3.05, 3.63) is 5.82 Å². The number of aryl methyl sites for hydroxylation is 1. The quantitative estimate of drug-likeness (QED) is 0.737. The van der Waals surface area contributed by atoms with E-state index in [-0.39, 0.29) is 11.9 Å². The summed E-state index contributed by atoms with van der Waals surface area (Å²) < 4.78 is 0. The van der Waals surface area contributed by atoms with Crippen LogP contribution in [-0.2, 0) is 11.2 Å². The van der Waals surface area contributed by atoms with Gasteiger partial charge in [-0.05, 0) is 13.8 Å². The fourth-order valence-corrected chi connectivity index (χ4v) is 1.62. The second-order valence-electron chi connectivity index (χ2n) is 3.43. The van der Waals surface area contributed by atoms with Crippen LogP contribution in [0.25, 0.3) is 0 Å². The average molecular weight is 228 g/mol. The van der Waals surface area contributed by atoms with E-state index in [0.717, 1.165) is 12.2 Å². The zero-order chi connectivity index (χ0) is 11.3. The SMILES string of the molecule is CCc1nc(SCC(=O)NC(C)C)n[nH]1. The number of H-pyrrole nitrogens is 1. The van der Waals surface area contributed by atoms with E-state index >= 15 is 0 Å². The Morgan fingerprint density at radius 3 is 2.87 bits per heavy atom. The molecule has 1 rings (SSSR count). The molecule has 1 amide bonds. The minimum absolute atomic E-state index is 0.0119. The molecule has 0 aliphatic heterocycles. The van der Waals surface area contributed by atoms with Gasteiger partial charge >= 0.3 is 0 Å². The van der Waals surface area contributed by atoms with Crippen LogP contribution < -0.4 is 5.32 Å². The van der Waals surface area contributed by atoms with Crippen molar-refractivity contribution >= 4 is 17.7 Å². The van der Waals surface area contributed by atoms with Crippen LogP contribution in [0.1, 0.15) is 26.6 Å². The summed E-state index contributed by atoms with van der Waals surface area (Å²) in [7, 11) is 0. The fourth-order valence-electron chi connectivity index (χ4n) is 0.994. The standard InChI is InChI=1S/C9H16N4OS/c1-4-7-11-9(13-12-7)15-5-8(14)10-6(2)3/h6H,4-5H2,1-3H3,(H,10,14)(H,11,12,13). The Hall–Kier alpha value is -1.04. The van der Waals surface area contributed by atoms with Crippen molar-refractivity contribution in [3.63, 3.8) is 0 Å². The number of carbonyl (C=O) groups excluding carboxylic acids is 1. The van der Waals surface area contributed by atoms with Crippen molar-refractivity contribution in [3.8, 4) is 0 Å². The first kappa shape index (κ1) is 12.0. The number of carbonyl (C=O) groups is 1. The van der Waals surface area contributed by atoms with Crippen LogP contribution in [0, 0.1) is 0 Å². The average Bonchev–Trinajstić information content (AvgIpc) is 2.61. The summed E-state index contributed by atoms with van der Waals surface area (Å²) in [5.74, 6) is 1.22. The lowest BCUT2D eigenvalue weighted by Gasteiger charge is -2.06. The summed E-state index contributed by atoms with van der Waals surface area (Å²) in [6, 6.07) is 0.177. The number of aromatic amines is 1. The van der Waals surface area contributed by atoms with Gasteiger partial charge < -0.3 is 5.32 Å². The lowest BCUT2D eigenvalue weighted by atomic mass is 10.4. The Bertz CT molecular complexity index is 324. The lowest BCUT2D eigenvalue weighted by molar-refractivity contribution is -0.119. The molecule has 0 spiro atoms. The summed E-state index contributed by atoms with van der Waals surface area (Å²) in [6.45, 7) is 5.87. The number of amides is 1. The number of thioether (sulfide) groups is 1. The maximum absolute atomic E-state index is 11.3. The minimum Gasteiger partial charge on any atom is -0.353 e. The second kappa shape index (κ2) is 5.75. The molecule has 2 N–H and O–H groups in total. The van der Waals surface area contributed by atoms with Crippen LogP contribution >= 0.6 is 11.8 Å². The van der Waals surface area contributed by atoms with Crippen LogP contribution in [0.5, 0.6) is 0 Å². The topological polar surface area (TPSA) is 70.7 Å². The maximum Gasteiger partial charge on any atom is 0.230 e. The highest BCUT2D eigenvalue weighted by atomic mass is 32.2. The van der Waals surface area contributed by atoms with Gasteiger partial charge in [-0.3, -0.25) is 9.89 Å². The van der Waals surface area contributed by atoms with Gasteiger partial charge in [-0.25, -0.2) is 4.98 Å². The highest BCUT2D eigenvalue weighted by Gasteiger charge is 2.07. The molecule has 6 heteroatoms. The largest absolute Gasteiger partial charge is 0.353 e. The van der Waals surface area contributed by atoms with E-state index in [4.69, 9.17) is 0 Å². The summed E-state index contributed by atoms with van der Waals surface area (Å²) >= 11 is 1.34. The second-order valence-corrected chi connectivity index (χ2v) is 4.37. The number of rotatable bonds is 5. The Balaban J connectivity index is 2.33. The monoisotopic (exact) mass is 228 g/mol. The molecular formula is C9H16N4OS. The first-order chi connectivity index (χ1) is 7.11. The first-order valence-corrected chi connectivity index (χ1v) is 5.93. The van der Waals surface area contributed by atoms with E-state index < -0.39 is 0 Å². The van der Waals surface area contributed by atoms with E-state index in [2.05, 4.69) is 20.5 Å². The molecule has 0 atom stereocenters. The molecule has 1 heterocycles. The minimum atomic E-state index is 0.0119. The molecule has 0 saturated heterocycles. The van der Waals surface area contributed by atoms with Crippen LogP contribution in [-0.4, -0.2) is 32.9 Å². The zero-order valence-electron chi connectivity index (χ0n) is 9.20. The molecule has 0 aliphatic rings. The Labute approximate surface area is 93.4 Å². The number of hydrogen-bond donors (Lipinski definition) is 2. The Kier molecular flexibility index (Phi) is 4.61. The van der Waals surface area contributed by atoms with Crippen LogP contribution in [0.15, 0.2) is 5.16 Å². The molecule has 0 fully saturated rings. The third-order valence-electron chi connectivity index (χ3n) is 1.63. The van der Waals surface area contributed by atoms with Crippen LogP contribution in [0.4, 0.5) is 0 Å². The Morgan fingerprint density at radius 2 is 2.33 bits per heavy atom. The first-order valence-electron chi connectivity index (χ1n) is 4.95. The van der Waals surface area contributed by atoms with Gasteiger partial charge in [0.2, 0.25) is 11.1 Å². The molecule has 5 nitrogen and oxygen atoms in total. The van der Waals surface area contributed by atoms with E-state index in [1.165, 1.54) is 11.8 Å². The molecule has 84 valence electrons. The maximum atomic E-state index is 11.3. The number of nitrogens with one attached hydrogen (secondary N) is 2. The Morgan fingerprint density at radius 1 is 1.60 bits per heavy atom. The summed E-state index contributed by atoms with van der Waals surface area (Å²) in [6.07, 6.45) is 0.825. The molecule has 15 heavy (non-hydrogen) atoms. The van der Waals surface area contributed by atoms with Gasteiger partial charge in [0.15, 0.2) is 0 Å². The molecule has 0 unspecified atom stereocenters. The molecule has 0 saturated carbocycles. The highest BCUT2D eigenvalue weighted by molar-refractivity contribution is 7.99. The van der Waals surface area contributed by atoms with Crippen molar-refractivity contribution in [1.29, 1.82) is 0 Å². The number of aromatic nitrogens is 3. The van der Waals surface area contributed by atoms with Crippen molar-refractivity contribution in [2.75, 3.05) is 5.75 Å². The normalized spacial score (nSPS) is 10.7. The molecule has 0 aromatic carbocycles. The lowest BCUT2D eigenvalue weighted by Crippen LogP contribution is -2.31. The molecule has 1 aromatic heterocycles. The van der Waals surface area contributed by atoms with E-state index in [1.807, 2.05) is 20.8 Å². The van der Waals surface area contributed by atoms with Gasteiger partial charge in [-0.15, -0.1) is 5.10 Å². The van der Waals surface area contributed by atoms with Crippen molar-refractivity contribution in [1.82, 2.24) is 20.5 Å². The molecule has 0 radical (unpaired) electrons. The molecule has 1 aromatic rings. The smallest absolute Gasteiger partial charge is 0.230 e. The van der Waals surface area contributed by atoms with E-state index in [0.29, 0.717) is 10.9 Å². The van der Waals surface area contributed by atoms with Gasteiger partial charge in [0.1, 0.15) is 5.82 Å². The van der Waals surface area contributed by atoms with Crippen molar-refractivity contribution in [2.24, 2.45) is 0 Å². The van der Waals surface area contributed by atoms with Gasteiger partial charge in [0.25, 0.3) is 0 Å². The van der Waals surface area contributed by atoms with E-state index in [9.17, 15) is 4.79 Å². The van der Waals surface area contributed by atoms with Crippen LogP contribution in [0.2, 0.25) is 0 Å². The molecule has 0 bridgehead atoms. The zero-order valence-corrected chi connectivity index (χ0v) is 10.0. The summed E-state index contributed by atoms with van der Waals surface area (Å²) in [5.41, 5.74) is 0. The molecule has 0 aliphatic carbocycles. The highest BCUT2D eigenvalue weighted by Crippen LogP contribution is 2.11. The van der Waals surface area contributed by atoms with Gasteiger partial charge in [0.05, 0.1) is 5.75 Å². The van der Waals surface area contributed by atoms with E-state index in [1.54, 1.807) is 0 Å². The predicted molar refractivity (Wildman–Crippen MR) is 59.8 cm³/mol. The third kappa shape index (κ3) is 4.33. The van der Waals surface area contributed by atoms with Gasteiger partial charge in [0, 0.05) is 12.5 Å². The van der Waals surface area contributed by atoms with Crippen molar-refractivity contribution in [2.45, 2.75) is 38.4 Å². The summed E-state index contributed by atoms with van der Waals surface area (Å²) in [4.78, 5) is 15.5. The number of nitrogens with zero attached hydrogens (tertiary/aromatic N) is 2. The summed E-state index contributed by atoms with van der Waals surface area (Å²) in [5, 5.41) is 10.2. The van der Waals surface area contributed by atoms with Gasteiger partial charge in [-0.2, -0.15) is 0 Å².